The minimum atomic E-state index is 0.168. The summed E-state index contributed by atoms with van der Waals surface area (Å²) in [7, 11) is 0. The monoisotopic (exact) mass is 315 g/mol. The molecule has 1 atom stereocenters. The highest BCUT2D eigenvalue weighted by atomic mass is 16.2. The van der Waals surface area contributed by atoms with Crippen LogP contribution in [0.1, 0.15) is 39.5 Å². The molecule has 0 aromatic heterocycles. The van der Waals surface area contributed by atoms with Gasteiger partial charge in [-0.3, -0.25) is 4.79 Å². The molecule has 0 N–H and O–H groups in total. The molecule has 0 bridgehead atoms. The van der Waals surface area contributed by atoms with E-state index in [2.05, 4.69) is 23.7 Å². The zero-order valence-electron chi connectivity index (χ0n) is 14.2. The Hall–Kier alpha value is -2.09. The highest BCUT2D eigenvalue weighted by Gasteiger charge is 2.28. The van der Waals surface area contributed by atoms with E-state index in [0.717, 1.165) is 57.5 Å². The summed E-state index contributed by atoms with van der Waals surface area (Å²) in [6.45, 7) is 7.31. The molecule has 1 fully saturated rings. The van der Waals surface area contributed by atoms with Gasteiger partial charge >= 0.3 is 5.69 Å². The Labute approximate surface area is 138 Å². The molecule has 0 aliphatic carbocycles. The second-order valence-electron chi connectivity index (χ2n) is 6.15. The van der Waals surface area contributed by atoms with Crippen LogP contribution < -0.4 is 4.90 Å². The number of unbranched alkanes of at least 4 members (excludes halogenated alkanes) is 1. The number of anilines is 1. The predicted molar refractivity (Wildman–Crippen MR) is 93.3 cm³/mol. The fourth-order valence-corrected chi connectivity index (χ4v) is 3.19. The molecule has 0 radical (unpaired) electrons. The SMILES string of the molecule is CCCCC(CC)C(=O)N1CCN(c2ccccc2[N+]#N)CC1. The number of nitrogens with zero attached hydrogens (tertiary/aromatic N) is 4. The number of amides is 1. The summed E-state index contributed by atoms with van der Waals surface area (Å²) in [6.07, 6.45) is 4.18. The maximum absolute atomic E-state index is 12.7. The molecule has 23 heavy (non-hydrogen) atoms. The molecule has 1 aromatic rings. The molecular formula is C18H27N4O+. The molecule has 1 heterocycles. The lowest BCUT2D eigenvalue weighted by Gasteiger charge is -2.36. The Morgan fingerprint density at radius 1 is 1.22 bits per heavy atom. The van der Waals surface area contributed by atoms with E-state index in [0.29, 0.717) is 11.6 Å². The first kappa shape index (κ1) is 17.3. The third kappa shape index (κ3) is 4.22. The number of hydrogen-bond acceptors (Lipinski definition) is 3. The van der Waals surface area contributed by atoms with Crippen LogP contribution in [0.2, 0.25) is 0 Å². The van der Waals surface area contributed by atoms with Crippen LogP contribution in [0.25, 0.3) is 4.98 Å². The summed E-state index contributed by atoms with van der Waals surface area (Å²) in [6, 6.07) is 7.56. The van der Waals surface area contributed by atoms with Crippen molar-refractivity contribution in [1.29, 1.82) is 5.39 Å². The topological polar surface area (TPSA) is 51.7 Å². The number of piperazine rings is 1. The molecule has 1 aromatic carbocycles. The highest BCUT2D eigenvalue weighted by molar-refractivity contribution is 5.79. The van der Waals surface area contributed by atoms with Gasteiger partial charge in [-0.1, -0.05) is 38.8 Å². The van der Waals surface area contributed by atoms with Gasteiger partial charge in [0.1, 0.15) is 5.69 Å². The molecule has 0 saturated carbocycles. The summed E-state index contributed by atoms with van der Waals surface area (Å²) >= 11 is 0. The van der Waals surface area contributed by atoms with Crippen LogP contribution in [0.4, 0.5) is 11.4 Å². The zero-order chi connectivity index (χ0) is 16.7. The minimum absolute atomic E-state index is 0.168. The van der Waals surface area contributed by atoms with Crippen LogP contribution in [-0.2, 0) is 4.79 Å². The summed E-state index contributed by atoms with van der Waals surface area (Å²) in [5.41, 5.74) is 1.52. The van der Waals surface area contributed by atoms with Crippen molar-refractivity contribution in [2.45, 2.75) is 39.5 Å². The van der Waals surface area contributed by atoms with Crippen LogP contribution in [0, 0.1) is 11.3 Å². The molecule has 124 valence electrons. The molecule has 5 heteroatoms. The van der Waals surface area contributed by atoms with Gasteiger partial charge in [0, 0.05) is 38.2 Å². The van der Waals surface area contributed by atoms with Gasteiger partial charge < -0.3 is 9.80 Å². The van der Waals surface area contributed by atoms with Gasteiger partial charge in [-0.15, -0.1) is 0 Å². The number of diazo groups is 1. The summed E-state index contributed by atoms with van der Waals surface area (Å²) < 4.78 is 0. The van der Waals surface area contributed by atoms with Crippen molar-refractivity contribution in [3.05, 3.63) is 29.2 Å². The summed E-state index contributed by atoms with van der Waals surface area (Å²) in [5.74, 6) is 0.474. The van der Waals surface area contributed by atoms with Crippen molar-refractivity contribution in [3.63, 3.8) is 0 Å². The van der Waals surface area contributed by atoms with Gasteiger partial charge in [0.2, 0.25) is 11.3 Å². The number of rotatable bonds is 6. The standard InChI is InChI=1S/C18H27N4O/c1-3-5-8-15(4-2)18(23)22-13-11-21(12-14-22)17-10-7-6-9-16(17)20-19/h6-7,9-10,15H,3-5,8,11-14H2,1-2H3/q+1. The van der Waals surface area contributed by atoms with Crippen molar-refractivity contribution in [1.82, 2.24) is 4.90 Å². The van der Waals surface area contributed by atoms with E-state index in [9.17, 15) is 4.79 Å². The lowest BCUT2D eigenvalue weighted by molar-refractivity contribution is -0.136. The Balaban J connectivity index is 1.95. The minimum Gasteiger partial charge on any atom is -0.361 e. The third-order valence-corrected chi connectivity index (χ3v) is 4.67. The average Bonchev–Trinajstić information content (AvgIpc) is 2.62. The van der Waals surface area contributed by atoms with Gasteiger partial charge in [0.25, 0.3) is 0 Å². The first-order valence-electron chi connectivity index (χ1n) is 8.69. The van der Waals surface area contributed by atoms with E-state index in [1.54, 1.807) is 6.07 Å². The van der Waals surface area contributed by atoms with Crippen molar-refractivity contribution < 1.29 is 4.79 Å². The van der Waals surface area contributed by atoms with Crippen molar-refractivity contribution in [2.24, 2.45) is 5.92 Å². The van der Waals surface area contributed by atoms with Crippen LogP contribution in [0.5, 0.6) is 0 Å². The molecule has 1 aliphatic rings. The zero-order valence-corrected chi connectivity index (χ0v) is 14.2. The first-order chi connectivity index (χ1) is 11.2. The lowest BCUT2D eigenvalue weighted by atomic mass is 9.97. The Morgan fingerprint density at radius 3 is 2.52 bits per heavy atom. The second-order valence-corrected chi connectivity index (χ2v) is 6.15. The summed E-state index contributed by atoms with van der Waals surface area (Å²) in [5, 5.41) is 9.11. The highest BCUT2D eigenvalue weighted by Crippen LogP contribution is 2.29. The number of benzene rings is 1. The predicted octanol–water partition coefficient (Wildman–Crippen LogP) is 4.04. The smallest absolute Gasteiger partial charge is 0.361 e. The third-order valence-electron chi connectivity index (χ3n) is 4.67. The van der Waals surface area contributed by atoms with Gasteiger partial charge in [-0.05, 0) is 18.9 Å². The number of para-hydroxylation sites is 1. The fraction of sp³-hybridized carbons (Fsp3) is 0.611. The van der Waals surface area contributed by atoms with Crippen molar-refractivity contribution in [3.8, 4) is 0 Å². The van der Waals surface area contributed by atoms with E-state index in [4.69, 9.17) is 5.39 Å². The molecule has 1 saturated heterocycles. The van der Waals surface area contributed by atoms with Gasteiger partial charge in [0.05, 0.1) is 0 Å². The molecule has 1 amide bonds. The Morgan fingerprint density at radius 2 is 1.91 bits per heavy atom. The normalized spacial score (nSPS) is 16.0. The van der Waals surface area contributed by atoms with E-state index in [-0.39, 0.29) is 5.92 Å². The maximum Gasteiger partial charge on any atom is 0.408 e. The number of carbonyl (C=O) groups is 1. The van der Waals surface area contributed by atoms with Crippen LogP contribution in [0.3, 0.4) is 0 Å². The lowest BCUT2D eigenvalue weighted by Crippen LogP contribution is -2.50. The van der Waals surface area contributed by atoms with Crippen LogP contribution in [0.15, 0.2) is 24.3 Å². The average molecular weight is 315 g/mol. The molecule has 1 unspecified atom stereocenters. The first-order valence-corrected chi connectivity index (χ1v) is 8.69. The number of carbonyl (C=O) groups excluding carboxylic acids is 1. The second kappa shape index (κ2) is 8.52. The number of hydrogen-bond donors (Lipinski definition) is 0. The molecule has 2 rings (SSSR count). The van der Waals surface area contributed by atoms with Gasteiger partial charge in [0.15, 0.2) is 4.98 Å². The molecule has 0 spiro atoms. The quantitative estimate of drug-likeness (QED) is 0.745. The van der Waals surface area contributed by atoms with Gasteiger partial charge in [-0.25, -0.2) is 0 Å². The maximum atomic E-state index is 12.7. The molecular weight excluding hydrogens is 288 g/mol. The van der Waals surface area contributed by atoms with Gasteiger partial charge in [-0.2, -0.15) is 0 Å². The molecule has 5 nitrogen and oxygen atoms in total. The van der Waals surface area contributed by atoms with E-state index in [1.807, 2.05) is 23.1 Å². The van der Waals surface area contributed by atoms with E-state index < -0.39 is 0 Å². The Kier molecular flexibility index (Phi) is 6.40. The Bertz CT molecular complexity index is 558. The van der Waals surface area contributed by atoms with Crippen molar-refractivity contribution in [2.75, 3.05) is 31.1 Å². The van der Waals surface area contributed by atoms with E-state index in [1.165, 1.54) is 0 Å². The van der Waals surface area contributed by atoms with Crippen molar-refractivity contribution >= 4 is 17.3 Å². The summed E-state index contributed by atoms with van der Waals surface area (Å²) in [4.78, 5) is 20.2. The molecule has 1 aliphatic heterocycles. The van der Waals surface area contributed by atoms with E-state index >= 15 is 0 Å². The van der Waals surface area contributed by atoms with Crippen LogP contribution in [-0.4, -0.2) is 37.0 Å². The largest absolute Gasteiger partial charge is 0.408 e. The fourth-order valence-electron chi connectivity index (χ4n) is 3.19. The van der Waals surface area contributed by atoms with Crippen LogP contribution >= 0.6 is 0 Å².